The average molecular weight is 126 g/mol. The second-order valence-electron chi connectivity index (χ2n) is 1.40. The first kappa shape index (κ1) is 7.65. The van der Waals surface area contributed by atoms with Gasteiger partial charge >= 0.3 is 0 Å². The smallest absolute Gasteiger partial charge is 0.0334 e. The van der Waals surface area contributed by atoms with E-state index in [1.807, 2.05) is 6.08 Å². The van der Waals surface area contributed by atoms with Crippen molar-refractivity contribution in [2.45, 2.75) is 0 Å². The summed E-state index contributed by atoms with van der Waals surface area (Å²) in [6.45, 7) is 9.39. The van der Waals surface area contributed by atoms with Gasteiger partial charge in [0.25, 0.3) is 0 Å². The highest BCUT2D eigenvalue weighted by molar-refractivity contribution is 7.40. The molecular formula is C7H11P. The maximum atomic E-state index is 3.71. The zero-order valence-electron chi connectivity index (χ0n) is 5.15. The molecule has 0 bridgehead atoms. The summed E-state index contributed by atoms with van der Waals surface area (Å²) in [6, 6.07) is 0. The Kier molecular flexibility index (Phi) is 4.59. The van der Waals surface area contributed by atoms with Gasteiger partial charge < -0.3 is 0 Å². The molecule has 0 aliphatic heterocycles. The Labute approximate surface area is 52.8 Å². The largest absolute Gasteiger partial charge is 0.102 e. The fraction of sp³-hybridized carbons (Fsp3) is 0.143. The summed E-state index contributed by atoms with van der Waals surface area (Å²) in [5.74, 6) is 2.09. The molecule has 1 atom stereocenters. The Bertz CT molecular complexity index is 112. The van der Waals surface area contributed by atoms with E-state index in [2.05, 4.69) is 25.6 Å². The minimum Gasteiger partial charge on any atom is -0.102 e. The lowest BCUT2D eigenvalue weighted by atomic mass is 10.3. The van der Waals surface area contributed by atoms with Crippen molar-refractivity contribution >= 4 is 8.58 Å². The van der Waals surface area contributed by atoms with Gasteiger partial charge in [0.1, 0.15) is 0 Å². The lowest BCUT2D eigenvalue weighted by Gasteiger charge is -1.82. The van der Waals surface area contributed by atoms with Crippen molar-refractivity contribution in [1.29, 1.82) is 0 Å². The van der Waals surface area contributed by atoms with E-state index < -0.39 is 0 Å². The van der Waals surface area contributed by atoms with Crippen LogP contribution in [-0.2, 0) is 0 Å². The predicted molar refractivity (Wildman–Crippen MR) is 42.7 cm³/mol. The van der Waals surface area contributed by atoms with Gasteiger partial charge in [-0.2, -0.15) is 0 Å². The Morgan fingerprint density at radius 3 is 2.62 bits per heavy atom. The Hall–Kier alpha value is -0.350. The van der Waals surface area contributed by atoms with E-state index in [9.17, 15) is 0 Å². The molecule has 0 aromatic carbocycles. The average Bonchev–Trinajstić information content (AvgIpc) is 1.83. The summed E-state index contributed by atoms with van der Waals surface area (Å²) in [5, 5.41) is 0. The third-order valence-corrected chi connectivity index (χ3v) is 1.23. The van der Waals surface area contributed by atoms with Crippen molar-refractivity contribution in [2.75, 3.05) is 6.66 Å². The molecule has 0 nitrogen and oxygen atoms in total. The fourth-order valence-corrected chi connectivity index (χ4v) is 0.639. The first-order valence-electron chi connectivity index (χ1n) is 2.46. The van der Waals surface area contributed by atoms with Crippen LogP contribution in [0, 0.1) is 0 Å². The van der Waals surface area contributed by atoms with E-state index in [1.165, 1.54) is 0 Å². The van der Waals surface area contributed by atoms with Crippen molar-refractivity contribution in [3.05, 3.63) is 36.7 Å². The van der Waals surface area contributed by atoms with Gasteiger partial charge in [-0.3, -0.25) is 0 Å². The number of hydrogen-bond acceptors (Lipinski definition) is 0. The van der Waals surface area contributed by atoms with Gasteiger partial charge in [-0.25, -0.2) is 0 Å². The Balaban J connectivity index is 3.52. The van der Waals surface area contributed by atoms with Crippen LogP contribution in [0.1, 0.15) is 0 Å². The van der Waals surface area contributed by atoms with Crippen LogP contribution >= 0.6 is 8.58 Å². The molecule has 1 unspecified atom stereocenters. The van der Waals surface area contributed by atoms with Crippen molar-refractivity contribution in [1.82, 2.24) is 0 Å². The molecule has 0 radical (unpaired) electrons. The molecule has 0 rings (SSSR count). The summed E-state index contributed by atoms with van der Waals surface area (Å²) < 4.78 is 0. The molecule has 0 aliphatic rings. The fourth-order valence-electron chi connectivity index (χ4n) is 0.258. The maximum absolute atomic E-state index is 3.71. The SMILES string of the molecule is C=CC(=C)/C=C\PC. The lowest BCUT2D eigenvalue weighted by molar-refractivity contribution is 1.80. The Morgan fingerprint density at radius 1 is 1.62 bits per heavy atom. The van der Waals surface area contributed by atoms with Crippen LogP contribution in [0.5, 0.6) is 0 Å². The summed E-state index contributed by atoms with van der Waals surface area (Å²) in [6.07, 6.45) is 3.72. The molecule has 1 heteroatoms. The third kappa shape index (κ3) is 3.83. The van der Waals surface area contributed by atoms with Crippen molar-refractivity contribution in [2.24, 2.45) is 0 Å². The van der Waals surface area contributed by atoms with Crippen molar-refractivity contribution in [3.8, 4) is 0 Å². The topological polar surface area (TPSA) is 0 Å². The van der Waals surface area contributed by atoms with E-state index in [4.69, 9.17) is 0 Å². The number of allylic oxidation sites excluding steroid dienone is 3. The molecule has 0 aromatic rings. The minimum atomic E-state index is 0.864. The molecule has 0 aliphatic carbocycles. The summed E-state index contributed by atoms with van der Waals surface area (Å²) in [4.78, 5) is 0. The van der Waals surface area contributed by atoms with Gasteiger partial charge in [0.15, 0.2) is 0 Å². The first-order valence-corrected chi connectivity index (χ1v) is 4.04. The van der Waals surface area contributed by atoms with Crippen LogP contribution in [0.15, 0.2) is 36.7 Å². The van der Waals surface area contributed by atoms with Crippen LogP contribution in [0.25, 0.3) is 0 Å². The molecule has 0 aromatic heterocycles. The molecule has 0 heterocycles. The van der Waals surface area contributed by atoms with E-state index in [1.54, 1.807) is 6.08 Å². The number of hydrogen-bond donors (Lipinski definition) is 0. The normalized spacial score (nSPS) is 11.1. The predicted octanol–water partition coefficient (Wildman–Crippen LogP) is 2.55. The zero-order chi connectivity index (χ0) is 6.41. The van der Waals surface area contributed by atoms with Gasteiger partial charge in [0.2, 0.25) is 0 Å². The van der Waals surface area contributed by atoms with E-state index >= 15 is 0 Å². The van der Waals surface area contributed by atoms with Crippen molar-refractivity contribution in [3.63, 3.8) is 0 Å². The molecule has 0 spiro atoms. The summed E-state index contributed by atoms with van der Waals surface area (Å²) in [7, 11) is 0.864. The van der Waals surface area contributed by atoms with Crippen molar-refractivity contribution < 1.29 is 0 Å². The first-order chi connectivity index (χ1) is 3.81. The lowest BCUT2D eigenvalue weighted by Crippen LogP contribution is -1.58. The van der Waals surface area contributed by atoms with E-state index in [0.29, 0.717) is 0 Å². The van der Waals surface area contributed by atoms with Gasteiger partial charge in [0, 0.05) is 0 Å². The second kappa shape index (κ2) is 4.80. The van der Waals surface area contributed by atoms with Gasteiger partial charge in [-0.05, 0) is 12.2 Å². The molecule has 44 valence electrons. The molecule has 0 amide bonds. The monoisotopic (exact) mass is 126 g/mol. The zero-order valence-corrected chi connectivity index (χ0v) is 6.15. The van der Waals surface area contributed by atoms with E-state index in [0.717, 1.165) is 14.2 Å². The van der Waals surface area contributed by atoms with Gasteiger partial charge in [0.05, 0.1) is 0 Å². The standard InChI is InChI=1S/C7H11P/c1-4-7(2)5-6-8-3/h4-6,8H,1-2H2,3H3/b6-5-. The molecule has 0 saturated carbocycles. The highest BCUT2D eigenvalue weighted by Gasteiger charge is 1.71. The van der Waals surface area contributed by atoms with Crippen LogP contribution in [0.4, 0.5) is 0 Å². The van der Waals surface area contributed by atoms with Crippen LogP contribution in [0.2, 0.25) is 0 Å². The second-order valence-corrected chi connectivity index (χ2v) is 2.31. The van der Waals surface area contributed by atoms with Crippen LogP contribution in [-0.4, -0.2) is 6.66 Å². The highest BCUT2D eigenvalue weighted by atomic mass is 31.1. The quantitative estimate of drug-likeness (QED) is 0.402. The van der Waals surface area contributed by atoms with E-state index in [-0.39, 0.29) is 0 Å². The van der Waals surface area contributed by atoms with Crippen LogP contribution in [0.3, 0.4) is 0 Å². The summed E-state index contributed by atoms with van der Waals surface area (Å²) in [5.41, 5.74) is 0.986. The van der Waals surface area contributed by atoms with Gasteiger partial charge in [-0.1, -0.05) is 31.1 Å². The summed E-state index contributed by atoms with van der Waals surface area (Å²) >= 11 is 0. The molecule has 0 fully saturated rings. The Morgan fingerprint density at radius 2 is 2.25 bits per heavy atom. The molecule has 8 heavy (non-hydrogen) atoms. The van der Waals surface area contributed by atoms with Crippen LogP contribution < -0.4 is 0 Å². The number of rotatable bonds is 3. The third-order valence-electron chi connectivity index (χ3n) is 0.726. The highest BCUT2D eigenvalue weighted by Crippen LogP contribution is 2.05. The molecule has 0 saturated heterocycles. The maximum Gasteiger partial charge on any atom is -0.0334 e. The minimum absolute atomic E-state index is 0.864. The molecule has 0 N–H and O–H groups in total. The molecular weight excluding hydrogens is 115 g/mol. The van der Waals surface area contributed by atoms with Gasteiger partial charge in [-0.15, -0.1) is 8.58 Å².